The van der Waals surface area contributed by atoms with Crippen LogP contribution in [0.3, 0.4) is 0 Å². The summed E-state index contributed by atoms with van der Waals surface area (Å²) in [5.41, 5.74) is 0.366. The SMILES string of the molecule is CCC1CNC(C)(C2CC2)CN1CC1CN(C)CCN1C. The molecule has 2 aliphatic heterocycles. The average Bonchev–Trinajstić information content (AvgIpc) is 3.28. The summed E-state index contributed by atoms with van der Waals surface area (Å²) in [5, 5.41) is 3.88. The van der Waals surface area contributed by atoms with Crippen molar-refractivity contribution in [2.45, 2.75) is 50.7 Å². The number of hydrogen-bond donors (Lipinski definition) is 1. The summed E-state index contributed by atoms with van der Waals surface area (Å²) >= 11 is 0. The third-order valence-electron chi connectivity index (χ3n) is 6.16. The van der Waals surface area contributed by atoms with Gasteiger partial charge in [-0.2, -0.15) is 0 Å². The summed E-state index contributed by atoms with van der Waals surface area (Å²) in [6.45, 7) is 12.1. The van der Waals surface area contributed by atoms with Gasteiger partial charge in [0.15, 0.2) is 0 Å². The summed E-state index contributed by atoms with van der Waals surface area (Å²) in [4.78, 5) is 7.87. The van der Waals surface area contributed by atoms with Crippen LogP contribution in [0.2, 0.25) is 0 Å². The van der Waals surface area contributed by atoms with Crippen LogP contribution in [-0.4, -0.2) is 85.7 Å². The van der Waals surface area contributed by atoms with Crippen molar-refractivity contribution in [2.24, 2.45) is 5.92 Å². The van der Waals surface area contributed by atoms with E-state index in [1.54, 1.807) is 0 Å². The van der Waals surface area contributed by atoms with Crippen LogP contribution in [0.15, 0.2) is 0 Å². The Labute approximate surface area is 130 Å². The summed E-state index contributed by atoms with van der Waals surface area (Å²) in [5.74, 6) is 0.921. The summed E-state index contributed by atoms with van der Waals surface area (Å²) in [7, 11) is 4.57. The van der Waals surface area contributed by atoms with E-state index in [2.05, 4.69) is 48.0 Å². The van der Waals surface area contributed by atoms with E-state index >= 15 is 0 Å². The van der Waals surface area contributed by atoms with Crippen LogP contribution < -0.4 is 5.32 Å². The predicted octanol–water partition coefficient (Wildman–Crippen LogP) is 1.08. The van der Waals surface area contributed by atoms with Gasteiger partial charge in [-0.15, -0.1) is 0 Å². The highest BCUT2D eigenvalue weighted by Crippen LogP contribution is 2.41. The first-order valence-electron chi connectivity index (χ1n) is 8.89. The molecule has 122 valence electrons. The Morgan fingerprint density at radius 3 is 2.57 bits per heavy atom. The first-order chi connectivity index (χ1) is 10.0. The Kier molecular flexibility index (Phi) is 4.60. The molecule has 0 spiro atoms. The molecule has 0 amide bonds. The van der Waals surface area contributed by atoms with Gasteiger partial charge in [0.25, 0.3) is 0 Å². The Hall–Kier alpha value is -0.160. The van der Waals surface area contributed by atoms with Gasteiger partial charge >= 0.3 is 0 Å². The summed E-state index contributed by atoms with van der Waals surface area (Å²) < 4.78 is 0. The smallest absolute Gasteiger partial charge is 0.0347 e. The Balaban J connectivity index is 1.65. The van der Waals surface area contributed by atoms with Gasteiger partial charge in [0.05, 0.1) is 0 Å². The molecular formula is C17H34N4. The molecule has 0 radical (unpaired) electrons. The van der Waals surface area contributed by atoms with Crippen LogP contribution >= 0.6 is 0 Å². The Morgan fingerprint density at radius 2 is 1.90 bits per heavy atom. The lowest BCUT2D eigenvalue weighted by Crippen LogP contribution is -2.66. The Morgan fingerprint density at radius 1 is 1.14 bits per heavy atom. The second kappa shape index (κ2) is 6.15. The largest absolute Gasteiger partial charge is 0.308 e. The van der Waals surface area contributed by atoms with Crippen LogP contribution in [0, 0.1) is 5.92 Å². The number of likely N-dealkylation sites (N-methyl/N-ethyl adjacent to an activating group) is 2. The molecule has 3 rings (SSSR count). The minimum atomic E-state index is 0.366. The molecule has 2 saturated heterocycles. The van der Waals surface area contributed by atoms with Gasteiger partial charge in [-0.3, -0.25) is 9.80 Å². The third-order valence-corrected chi connectivity index (χ3v) is 6.16. The molecule has 0 aromatic heterocycles. The molecule has 0 bridgehead atoms. The van der Waals surface area contributed by atoms with Crippen LogP contribution in [-0.2, 0) is 0 Å². The van der Waals surface area contributed by atoms with Crippen molar-refractivity contribution in [1.82, 2.24) is 20.0 Å². The molecular weight excluding hydrogens is 260 g/mol. The number of hydrogen-bond acceptors (Lipinski definition) is 4. The first-order valence-corrected chi connectivity index (χ1v) is 8.89. The van der Waals surface area contributed by atoms with E-state index in [1.165, 1.54) is 58.5 Å². The topological polar surface area (TPSA) is 21.8 Å². The zero-order chi connectivity index (χ0) is 15.0. The van der Waals surface area contributed by atoms with Crippen LogP contribution in [0.1, 0.15) is 33.1 Å². The summed E-state index contributed by atoms with van der Waals surface area (Å²) in [6.07, 6.45) is 4.13. The minimum Gasteiger partial charge on any atom is -0.308 e. The number of nitrogens with zero attached hydrogens (tertiary/aromatic N) is 3. The molecule has 3 fully saturated rings. The van der Waals surface area contributed by atoms with Crippen molar-refractivity contribution >= 4 is 0 Å². The molecule has 0 aromatic rings. The first kappa shape index (κ1) is 15.7. The molecule has 3 aliphatic rings. The third kappa shape index (κ3) is 3.44. The molecule has 1 N–H and O–H groups in total. The van der Waals surface area contributed by atoms with Gasteiger partial charge in [-0.1, -0.05) is 6.92 Å². The van der Waals surface area contributed by atoms with Gasteiger partial charge in [-0.25, -0.2) is 0 Å². The highest BCUT2D eigenvalue weighted by Gasteiger charge is 2.46. The molecule has 1 saturated carbocycles. The van der Waals surface area contributed by atoms with Gasteiger partial charge in [0, 0.05) is 56.9 Å². The second-order valence-electron chi connectivity index (χ2n) is 7.96. The number of nitrogens with one attached hydrogen (secondary N) is 1. The molecule has 4 heteroatoms. The minimum absolute atomic E-state index is 0.366. The zero-order valence-electron chi connectivity index (χ0n) is 14.4. The van der Waals surface area contributed by atoms with E-state index < -0.39 is 0 Å². The van der Waals surface area contributed by atoms with E-state index in [0.717, 1.165) is 12.0 Å². The van der Waals surface area contributed by atoms with E-state index in [9.17, 15) is 0 Å². The maximum absolute atomic E-state index is 3.88. The normalized spacial score (nSPS) is 40.6. The molecule has 4 nitrogen and oxygen atoms in total. The van der Waals surface area contributed by atoms with Crippen LogP contribution in [0.25, 0.3) is 0 Å². The molecule has 1 aliphatic carbocycles. The lowest BCUT2D eigenvalue weighted by Gasteiger charge is -2.49. The fraction of sp³-hybridized carbons (Fsp3) is 1.00. The standard InChI is InChI=1S/C17H34N4/c1-5-15-10-18-17(2,14-6-7-14)13-21(15)12-16-11-19(3)8-9-20(16)4/h14-16,18H,5-13H2,1-4H3. The highest BCUT2D eigenvalue weighted by atomic mass is 15.3. The highest BCUT2D eigenvalue weighted by molar-refractivity contribution is 5.04. The van der Waals surface area contributed by atoms with Crippen molar-refractivity contribution in [3.63, 3.8) is 0 Å². The van der Waals surface area contributed by atoms with Gasteiger partial charge in [-0.05, 0) is 46.2 Å². The maximum Gasteiger partial charge on any atom is 0.0347 e. The van der Waals surface area contributed by atoms with Crippen molar-refractivity contribution in [3.8, 4) is 0 Å². The molecule has 21 heavy (non-hydrogen) atoms. The molecule has 2 heterocycles. The quantitative estimate of drug-likeness (QED) is 0.838. The second-order valence-corrected chi connectivity index (χ2v) is 7.96. The zero-order valence-corrected chi connectivity index (χ0v) is 14.4. The van der Waals surface area contributed by atoms with Crippen molar-refractivity contribution in [1.29, 1.82) is 0 Å². The molecule has 3 atom stereocenters. The van der Waals surface area contributed by atoms with E-state index in [0.29, 0.717) is 11.6 Å². The Bertz CT molecular complexity index is 357. The van der Waals surface area contributed by atoms with Crippen molar-refractivity contribution in [3.05, 3.63) is 0 Å². The maximum atomic E-state index is 3.88. The monoisotopic (exact) mass is 294 g/mol. The lowest BCUT2D eigenvalue weighted by atomic mass is 9.90. The predicted molar refractivity (Wildman–Crippen MR) is 88.7 cm³/mol. The summed E-state index contributed by atoms with van der Waals surface area (Å²) in [6, 6.07) is 1.41. The average molecular weight is 294 g/mol. The number of rotatable bonds is 4. The fourth-order valence-electron chi connectivity index (χ4n) is 4.27. The lowest BCUT2D eigenvalue weighted by molar-refractivity contribution is 0.0256. The van der Waals surface area contributed by atoms with Crippen LogP contribution in [0.5, 0.6) is 0 Å². The van der Waals surface area contributed by atoms with Gasteiger partial charge in [0.1, 0.15) is 0 Å². The van der Waals surface area contributed by atoms with Crippen molar-refractivity contribution < 1.29 is 0 Å². The van der Waals surface area contributed by atoms with E-state index in [4.69, 9.17) is 0 Å². The van der Waals surface area contributed by atoms with Gasteiger partial charge < -0.3 is 10.2 Å². The molecule has 3 unspecified atom stereocenters. The van der Waals surface area contributed by atoms with Crippen molar-refractivity contribution in [2.75, 3.05) is 53.4 Å². The number of piperazine rings is 2. The molecule has 0 aromatic carbocycles. The van der Waals surface area contributed by atoms with E-state index in [1.807, 2.05) is 0 Å². The van der Waals surface area contributed by atoms with Crippen LogP contribution in [0.4, 0.5) is 0 Å². The fourth-order valence-corrected chi connectivity index (χ4v) is 4.27. The van der Waals surface area contributed by atoms with E-state index in [-0.39, 0.29) is 0 Å². The van der Waals surface area contributed by atoms with Gasteiger partial charge in [0.2, 0.25) is 0 Å².